The molecule has 4 nitrogen and oxygen atoms in total. The third-order valence-corrected chi connectivity index (χ3v) is 5.76. The molecule has 2 heterocycles. The van der Waals surface area contributed by atoms with E-state index < -0.39 is 0 Å². The molecule has 1 saturated carbocycles. The number of aryl methyl sites for hydroxylation is 2. The highest BCUT2D eigenvalue weighted by atomic mass is 35.5. The number of nitrogens with zero attached hydrogens (tertiary/aromatic N) is 3. The third-order valence-electron chi connectivity index (χ3n) is 5.27. The van der Waals surface area contributed by atoms with Crippen molar-refractivity contribution in [1.82, 2.24) is 20.0 Å². The number of nitrogens with one attached hydrogen (secondary N) is 1. The first kappa shape index (κ1) is 15.3. The van der Waals surface area contributed by atoms with Crippen LogP contribution in [-0.4, -0.2) is 39.4 Å². The second kappa shape index (κ2) is 5.90. The number of aromatic nitrogens is 2. The van der Waals surface area contributed by atoms with Gasteiger partial charge in [0.1, 0.15) is 0 Å². The van der Waals surface area contributed by atoms with Crippen molar-refractivity contribution in [2.45, 2.75) is 71.1 Å². The Bertz CT molecular complexity index is 505. The predicted octanol–water partition coefficient (Wildman–Crippen LogP) is 2.97. The van der Waals surface area contributed by atoms with Crippen molar-refractivity contribution in [1.29, 1.82) is 0 Å². The van der Waals surface area contributed by atoms with E-state index >= 15 is 0 Å². The fourth-order valence-corrected chi connectivity index (χ4v) is 4.22. The highest BCUT2D eigenvalue weighted by Crippen LogP contribution is 2.38. The minimum absolute atomic E-state index is 0.340. The van der Waals surface area contributed by atoms with E-state index in [1.165, 1.54) is 31.4 Å². The maximum absolute atomic E-state index is 6.52. The number of rotatable bonds is 3. The first-order chi connectivity index (χ1) is 10.1. The summed E-state index contributed by atoms with van der Waals surface area (Å²) in [6.45, 7) is 10.5. The summed E-state index contributed by atoms with van der Waals surface area (Å²) in [5.41, 5.74) is 2.49. The number of piperazine rings is 1. The summed E-state index contributed by atoms with van der Waals surface area (Å²) in [6.07, 6.45) is 5.33. The maximum Gasteiger partial charge on any atom is 0.0860 e. The molecule has 21 heavy (non-hydrogen) atoms. The Balaban J connectivity index is 1.87. The third kappa shape index (κ3) is 2.73. The molecule has 1 atom stereocenters. The Kier molecular flexibility index (Phi) is 4.30. The van der Waals surface area contributed by atoms with Crippen LogP contribution in [0.4, 0.5) is 0 Å². The van der Waals surface area contributed by atoms with Crippen LogP contribution in [0.3, 0.4) is 0 Å². The average Bonchev–Trinajstić information content (AvgIpc) is 3.04. The Labute approximate surface area is 132 Å². The van der Waals surface area contributed by atoms with E-state index in [9.17, 15) is 0 Å². The van der Waals surface area contributed by atoms with E-state index in [2.05, 4.69) is 33.8 Å². The number of hydrogen-bond acceptors (Lipinski definition) is 3. The highest BCUT2D eigenvalue weighted by Gasteiger charge is 2.43. The van der Waals surface area contributed by atoms with Gasteiger partial charge < -0.3 is 5.32 Å². The van der Waals surface area contributed by atoms with Gasteiger partial charge in [-0.2, -0.15) is 5.10 Å². The lowest BCUT2D eigenvalue weighted by Gasteiger charge is -2.47. The van der Waals surface area contributed by atoms with Crippen molar-refractivity contribution in [3.05, 3.63) is 16.4 Å². The van der Waals surface area contributed by atoms with Gasteiger partial charge >= 0.3 is 0 Å². The molecule has 1 unspecified atom stereocenters. The Morgan fingerprint density at radius 1 is 1.38 bits per heavy atom. The quantitative estimate of drug-likeness (QED) is 0.932. The molecule has 1 spiro atoms. The summed E-state index contributed by atoms with van der Waals surface area (Å²) in [6, 6.07) is 0.550. The van der Waals surface area contributed by atoms with Gasteiger partial charge in [0.25, 0.3) is 0 Å². The zero-order valence-electron chi connectivity index (χ0n) is 13.5. The highest BCUT2D eigenvalue weighted by molar-refractivity contribution is 6.31. The molecule has 5 heteroatoms. The second-order valence-electron chi connectivity index (χ2n) is 6.76. The van der Waals surface area contributed by atoms with Crippen LogP contribution in [0.25, 0.3) is 0 Å². The normalized spacial score (nSPS) is 25.8. The molecule has 1 aromatic rings. The second-order valence-corrected chi connectivity index (χ2v) is 7.13. The lowest BCUT2D eigenvalue weighted by atomic mass is 9.91. The Hall–Kier alpha value is -0.580. The summed E-state index contributed by atoms with van der Waals surface area (Å²) in [5, 5.41) is 9.11. The van der Waals surface area contributed by atoms with E-state index in [0.717, 1.165) is 36.9 Å². The lowest BCUT2D eigenvalue weighted by molar-refractivity contribution is 0.0370. The number of halogens is 1. The molecule has 2 aliphatic rings. The van der Waals surface area contributed by atoms with Crippen LogP contribution in [-0.2, 0) is 13.1 Å². The summed E-state index contributed by atoms with van der Waals surface area (Å²) in [5.74, 6) is 0. The van der Waals surface area contributed by atoms with Crippen molar-refractivity contribution in [2.75, 3.05) is 13.1 Å². The first-order valence-corrected chi connectivity index (χ1v) is 8.64. The van der Waals surface area contributed by atoms with Crippen LogP contribution in [0, 0.1) is 6.92 Å². The van der Waals surface area contributed by atoms with E-state index in [1.807, 2.05) is 6.92 Å². The summed E-state index contributed by atoms with van der Waals surface area (Å²) in [7, 11) is 0. The Morgan fingerprint density at radius 3 is 2.76 bits per heavy atom. The molecule has 2 fully saturated rings. The van der Waals surface area contributed by atoms with Gasteiger partial charge in [0.15, 0.2) is 0 Å². The van der Waals surface area contributed by atoms with Crippen LogP contribution >= 0.6 is 11.6 Å². The van der Waals surface area contributed by atoms with Gasteiger partial charge in [-0.3, -0.25) is 9.58 Å². The zero-order chi connectivity index (χ0) is 15.0. The summed E-state index contributed by atoms with van der Waals surface area (Å²) in [4.78, 5) is 2.68. The van der Waals surface area contributed by atoms with Crippen molar-refractivity contribution < 1.29 is 0 Å². The van der Waals surface area contributed by atoms with Crippen LogP contribution in [0.2, 0.25) is 5.02 Å². The van der Waals surface area contributed by atoms with E-state index in [4.69, 9.17) is 11.6 Å². The van der Waals surface area contributed by atoms with E-state index in [1.54, 1.807) is 0 Å². The average molecular weight is 311 g/mol. The molecular formula is C16H27ClN4. The molecule has 1 N–H and O–H groups in total. The summed E-state index contributed by atoms with van der Waals surface area (Å²) < 4.78 is 2.08. The van der Waals surface area contributed by atoms with Gasteiger partial charge in [-0.1, -0.05) is 24.4 Å². The SMILES string of the molecule is CCn1nc(C)c(Cl)c1CN1CC(C)NCC12CCCC2. The van der Waals surface area contributed by atoms with Gasteiger partial charge in [0, 0.05) is 37.8 Å². The van der Waals surface area contributed by atoms with Crippen molar-refractivity contribution in [2.24, 2.45) is 0 Å². The molecule has 1 aliphatic carbocycles. The molecule has 1 saturated heterocycles. The van der Waals surface area contributed by atoms with E-state index in [0.29, 0.717) is 11.6 Å². The van der Waals surface area contributed by atoms with Gasteiger partial charge in [-0.25, -0.2) is 0 Å². The molecule has 0 aromatic carbocycles. The molecule has 0 bridgehead atoms. The molecule has 0 amide bonds. The van der Waals surface area contributed by atoms with Crippen LogP contribution in [0.1, 0.15) is 50.9 Å². The molecule has 1 aliphatic heterocycles. The van der Waals surface area contributed by atoms with Crippen LogP contribution in [0.5, 0.6) is 0 Å². The fourth-order valence-electron chi connectivity index (χ4n) is 4.02. The van der Waals surface area contributed by atoms with E-state index in [-0.39, 0.29) is 0 Å². The fraction of sp³-hybridized carbons (Fsp3) is 0.812. The molecular weight excluding hydrogens is 284 g/mol. The zero-order valence-corrected chi connectivity index (χ0v) is 14.2. The predicted molar refractivity (Wildman–Crippen MR) is 86.7 cm³/mol. The molecule has 118 valence electrons. The van der Waals surface area contributed by atoms with Crippen LogP contribution < -0.4 is 5.32 Å². The van der Waals surface area contributed by atoms with Gasteiger partial charge in [0.2, 0.25) is 0 Å². The van der Waals surface area contributed by atoms with Gasteiger partial charge in [-0.15, -0.1) is 0 Å². The van der Waals surface area contributed by atoms with Gasteiger partial charge in [0.05, 0.1) is 16.4 Å². The van der Waals surface area contributed by atoms with Crippen LogP contribution in [0.15, 0.2) is 0 Å². The topological polar surface area (TPSA) is 33.1 Å². The monoisotopic (exact) mass is 310 g/mol. The Morgan fingerprint density at radius 2 is 2.10 bits per heavy atom. The summed E-state index contributed by atoms with van der Waals surface area (Å²) >= 11 is 6.52. The lowest BCUT2D eigenvalue weighted by Crippen LogP contribution is -2.62. The standard InChI is InChI=1S/C16H27ClN4/c1-4-21-14(15(17)13(3)19-21)10-20-9-12(2)18-11-16(20)7-5-6-8-16/h12,18H,4-11H2,1-3H3. The minimum Gasteiger partial charge on any atom is -0.311 e. The number of hydrogen-bond donors (Lipinski definition) is 1. The maximum atomic E-state index is 6.52. The molecule has 3 rings (SSSR count). The first-order valence-electron chi connectivity index (χ1n) is 8.26. The smallest absolute Gasteiger partial charge is 0.0860 e. The minimum atomic E-state index is 0.340. The van der Waals surface area contributed by atoms with Crippen molar-refractivity contribution in [3.63, 3.8) is 0 Å². The molecule has 1 aromatic heterocycles. The largest absolute Gasteiger partial charge is 0.311 e. The molecule has 0 radical (unpaired) electrons. The van der Waals surface area contributed by atoms with Crippen molar-refractivity contribution in [3.8, 4) is 0 Å². The van der Waals surface area contributed by atoms with Gasteiger partial charge in [-0.05, 0) is 33.6 Å². The van der Waals surface area contributed by atoms with Crippen molar-refractivity contribution >= 4 is 11.6 Å².